The molecule has 0 aromatic carbocycles. The fraction of sp³-hybridized carbons (Fsp3) is 0.525. The van der Waals surface area contributed by atoms with Gasteiger partial charge in [-0.3, -0.25) is 14.4 Å². The van der Waals surface area contributed by atoms with Crippen LogP contribution in [0.3, 0.4) is 0 Å². The SMILES string of the molecule is CC/C=C\C/C=C\C/C=C\C/C=C\C/C=C\CCCC(=O)OCC(COC(=O)CCCCCCCC/C=C\C/C=C\C/C=C\CC)OC(=O)CC/C=C\C/C=C\C/C=C\C/C=C\C/C=C\CC. The highest BCUT2D eigenvalue weighted by Crippen LogP contribution is 2.11. The van der Waals surface area contributed by atoms with Crippen LogP contribution in [0.15, 0.2) is 158 Å². The zero-order valence-electron chi connectivity index (χ0n) is 42.3. The number of hydrogen-bond acceptors (Lipinski definition) is 6. The second-order valence-corrected chi connectivity index (χ2v) is 16.3. The molecule has 0 aliphatic rings. The van der Waals surface area contributed by atoms with Gasteiger partial charge in [-0.1, -0.05) is 204 Å². The van der Waals surface area contributed by atoms with Crippen LogP contribution in [0.1, 0.15) is 188 Å². The Balaban J connectivity index is 4.64. The average Bonchev–Trinajstić information content (AvgIpc) is 3.33. The largest absolute Gasteiger partial charge is 0.462 e. The van der Waals surface area contributed by atoms with Crippen molar-refractivity contribution in [1.82, 2.24) is 0 Å². The summed E-state index contributed by atoms with van der Waals surface area (Å²) in [4.78, 5) is 38.0. The Kier molecular flexibility index (Phi) is 49.7. The predicted molar refractivity (Wildman–Crippen MR) is 288 cm³/mol. The van der Waals surface area contributed by atoms with Crippen molar-refractivity contribution in [2.45, 2.75) is 194 Å². The van der Waals surface area contributed by atoms with Gasteiger partial charge in [0.1, 0.15) is 13.2 Å². The second kappa shape index (κ2) is 53.6. The Morgan fingerprint density at radius 3 is 0.955 bits per heavy atom. The summed E-state index contributed by atoms with van der Waals surface area (Å²) in [5, 5.41) is 0. The minimum absolute atomic E-state index is 0.140. The summed E-state index contributed by atoms with van der Waals surface area (Å²) >= 11 is 0. The Morgan fingerprint density at radius 1 is 0.299 bits per heavy atom. The van der Waals surface area contributed by atoms with Gasteiger partial charge >= 0.3 is 17.9 Å². The van der Waals surface area contributed by atoms with E-state index in [-0.39, 0.29) is 38.0 Å². The first-order valence-corrected chi connectivity index (χ1v) is 26.0. The van der Waals surface area contributed by atoms with E-state index in [1.165, 1.54) is 12.8 Å². The van der Waals surface area contributed by atoms with E-state index in [0.717, 1.165) is 122 Å². The highest BCUT2D eigenvalue weighted by atomic mass is 16.6. The van der Waals surface area contributed by atoms with Crippen LogP contribution in [0.25, 0.3) is 0 Å². The quantitative estimate of drug-likeness (QED) is 0.0262. The molecule has 6 heteroatoms. The second-order valence-electron chi connectivity index (χ2n) is 16.3. The number of unbranched alkanes of at least 4 members (excludes halogenated alkanes) is 7. The van der Waals surface area contributed by atoms with E-state index in [1.54, 1.807) is 0 Å². The molecule has 6 nitrogen and oxygen atoms in total. The molecule has 0 rings (SSSR count). The first kappa shape index (κ1) is 62.0. The summed E-state index contributed by atoms with van der Waals surface area (Å²) in [5.74, 6) is -1.11. The Bertz CT molecular complexity index is 1570. The number of rotatable bonds is 44. The standard InChI is InChI=1S/C61H92O6/c1-4-7-10-13-16-19-22-25-28-31-34-36-39-42-45-48-51-54-60(63)66-57-58(67-61(64)55-52-49-46-43-40-37-33-30-27-24-21-18-15-12-9-6-3)56-65-59(62)53-50-47-44-41-38-35-32-29-26-23-20-17-14-11-8-5-2/h7-12,16-21,25-30,34,36-37,40,42,45-46,49,58H,4-6,13-15,22-24,31-33,35,38-39,41,43-44,47-48,50-57H2,1-3H3/b10-7-,11-8-,12-9-,19-16-,20-17-,21-18-,28-25-,29-26-,30-27-,36-34-,40-37-,45-42-,49-46-. The maximum Gasteiger partial charge on any atom is 0.306 e. The molecule has 0 heterocycles. The van der Waals surface area contributed by atoms with Crippen molar-refractivity contribution in [1.29, 1.82) is 0 Å². The van der Waals surface area contributed by atoms with Crippen LogP contribution in [0.5, 0.6) is 0 Å². The average molecular weight is 921 g/mol. The molecule has 0 bridgehead atoms. The van der Waals surface area contributed by atoms with Gasteiger partial charge in [-0.25, -0.2) is 0 Å². The molecule has 1 unspecified atom stereocenters. The van der Waals surface area contributed by atoms with Crippen LogP contribution in [-0.4, -0.2) is 37.2 Å². The molecule has 0 saturated heterocycles. The smallest absolute Gasteiger partial charge is 0.306 e. The molecular weight excluding hydrogens is 829 g/mol. The lowest BCUT2D eigenvalue weighted by atomic mass is 10.1. The summed E-state index contributed by atoms with van der Waals surface area (Å²) < 4.78 is 16.7. The van der Waals surface area contributed by atoms with Crippen LogP contribution in [0.4, 0.5) is 0 Å². The first-order valence-electron chi connectivity index (χ1n) is 26.0. The monoisotopic (exact) mass is 921 g/mol. The van der Waals surface area contributed by atoms with E-state index >= 15 is 0 Å². The van der Waals surface area contributed by atoms with Gasteiger partial charge in [-0.2, -0.15) is 0 Å². The number of hydrogen-bond donors (Lipinski definition) is 0. The van der Waals surface area contributed by atoms with Gasteiger partial charge in [0, 0.05) is 19.3 Å². The fourth-order valence-electron chi connectivity index (χ4n) is 6.24. The molecule has 0 aromatic rings. The number of carbonyl (C=O) groups excluding carboxylic acids is 3. The van der Waals surface area contributed by atoms with Gasteiger partial charge in [-0.05, 0) is 122 Å². The van der Waals surface area contributed by atoms with Crippen LogP contribution < -0.4 is 0 Å². The number of esters is 3. The van der Waals surface area contributed by atoms with Gasteiger partial charge in [0.15, 0.2) is 6.10 Å². The van der Waals surface area contributed by atoms with Crippen molar-refractivity contribution in [2.24, 2.45) is 0 Å². The van der Waals surface area contributed by atoms with Crippen LogP contribution in [-0.2, 0) is 28.6 Å². The summed E-state index contributed by atoms with van der Waals surface area (Å²) in [6, 6.07) is 0. The van der Waals surface area contributed by atoms with Crippen molar-refractivity contribution in [2.75, 3.05) is 13.2 Å². The third-order valence-electron chi connectivity index (χ3n) is 10.0. The molecule has 0 saturated carbocycles. The van der Waals surface area contributed by atoms with E-state index in [0.29, 0.717) is 19.3 Å². The van der Waals surface area contributed by atoms with Crippen molar-refractivity contribution in [3.05, 3.63) is 158 Å². The molecule has 0 aliphatic carbocycles. The van der Waals surface area contributed by atoms with Crippen molar-refractivity contribution in [3.8, 4) is 0 Å². The summed E-state index contributed by atoms with van der Waals surface area (Å²) in [6.45, 7) is 6.14. The predicted octanol–water partition coefficient (Wildman–Crippen LogP) is 17.4. The summed E-state index contributed by atoms with van der Waals surface area (Å²) in [5.41, 5.74) is 0. The lowest BCUT2D eigenvalue weighted by Crippen LogP contribution is -2.30. The van der Waals surface area contributed by atoms with Gasteiger partial charge in [0.2, 0.25) is 0 Å². The van der Waals surface area contributed by atoms with Crippen molar-refractivity contribution < 1.29 is 28.6 Å². The minimum atomic E-state index is -0.854. The Labute approximate surface area is 409 Å². The van der Waals surface area contributed by atoms with E-state index in [2.05, 4.69) is 167 Å². The van der Waals surface area contributed by atoms with Crippen LogP contribution in [0, 0.1) is 0 Å². The highest BCUT2D eigenvalue weighted by Gasteiger charge is 2.19. The topological polar surface area (TPSA) is 78.9 Å². The third kappa shape index (κ3) is 51.9. The third-order valence-corrected chi connectivity index (χ3v) is 10.0. The fourth-order valence-corrected chi connectivity index (χ4v) is 6.24. The maximum absolute atomic E-state index is 12.8. The zero-order valence-corrected chi connectivity index (χ0v) is 42.3. The molecule has 0 spiro atoms. The van der Waals surface area contributed by atoms with Gasteiger partial charge < -0.3 is 14.2 Å². The van der Waals surface area contributed by atoms with Gasteiger partial charge in [0.25, 0.3) is 0 Å². The highest BCUT2D eigenvalue weighted by molar-refractivity contribution is 5.71. The first-order chi connectivity index (χ1) is 33.0. The van der Waals surface area contributed by atoms with Crippen LogP contribution in [0.2, 0.25) is 0 Å². The molecule has 67 heavy (non-hydrogen) atoms. The zero-order chi connectivity index (χ0) is 48.6. The maximum atomic E-state index is 12.8. The Morgan fingerprint density at radius 2 is 0.582 bits per heavy atom. The van der Waals surface area contributed by atoms with E-state index in [1.807, 2.05) is 12.2 Å². The molecule has 0 aromatic heterocycles. The van der Waals surface area contributed by atoms with Crippen LogP contribution >= 0.6 is 0 Å². The lowest BCUT2D eigenvalue weighted by molar-refractivity contribution is -0.166. The molecule has 0 radical (unpaired) electrons. The van der Waals surface area contributed by atoms with Crippen molar-refractivity contribution >= 4 is 17.9 Å². The van der Waals surface area contributed by atoms with Crippen molar-refractivity contribution in [3.63, 3.8) is 0 Å². The summed E-state index contributed by atoms with van der Waals surface area (Å²) in [7, 11) is 0. The molecule has 372 valence electrons. The minimum Gasteiger partial charge on any atom is -0.462 e. The van der Waals surface area contributed by atoms with Gasteiger partial charge in [-0.15, -0.1) is 0 Å². The van der Waals surface area contributed by atoms with E-state index < -0.39 is 12.1 Å². The molecular formula is C61H92O6. The van der Waals surface area contributed by atoms with E-state index in [4.69, 9.17) is 14.2 Å². The van der Waals surface area contributed by atoms with Gasteiger partial charge in [0.05, 0.1) is 0 Å². The molecule has 0 aliphatic heterocycles. The molecule has 1 atom stereocenters. The number of ether oxygens (including phenoxy) is 3. The summed E-state index contributed by atoms with van der Waals surface area (Å²) in [6.07, 6.45) is 78.1. The molecule has 0 fully saturated rings. The number of carbonyl (C=O) groups is 3. The lowest BCUT2D eigenvalue weighted by Gasteiger charge is -2.18. The van der Waals surface area contributed by atoms with E-state index in [9.17, 15) is 14.4 Å². The normalized spacial score (nSPS) is 13.4. The number of allylic oxidation sites excluding steroid dienone is 26. The Hall–Kier alpha value is -4.97. The molecule has 0 N–H and O–H groups in total. The molecule has 0 amide bonds.